The number of thiazole rings is 2. The predicted molar refractivity (Wildman–Crippen MR) is 536 cm³/mol. The van der Waals surface area contributed by atoms with Crippen molar-refractivity contribution in [2.24, 2.45) is 27.7 Å². The molecule has 1 saturated heterocycles. The monoisotopic (exact) mass is 1920 g/mol. The van der Waals surface area contributed by atoms with Crippen LogP contribution in [0.15, 0.2) is 120 Å². The molecular formula is C94H107ClN34O7S2. The van der Waals surface area contributed by atoms with Gasteiger partial charge in [0.05, 0.1) is 73.5 Å². The number of likely N-dealkylation sites (tertiary alicyclic amines) is 1. The van der Waals surface area contributed by atoms with E-state index >= 15 is 0 Å². The zero-order chi connectivity index (χ0) is 95.3. The Morgan fingerprint density at radius 2 is 0.884 bits per heavy atom. The van der Waals surface area contributed by atoms with Crippen molar-refractivity contribution in [3.8, 4) is 11.8 Å². The molecule has 16 aromatic rings. The summed E-state index contributed by atoms with van der Waals surface area (Å²) in [6.45, 7) is 23.3. The summed E-state index contributed by atoms with van der Waals surface area (Å²) in [4.78, 5) is 113. The van der Waals surface area contributed by atoms with Crippen LogP contribution < -0.4 is 121 Å². The van der Waals surface area contributed by atoms with Crippen LogP contribution in [0.4, 0.5) is 52.2 Å². The first-order chi connectivity index (χ1) is 66.7. The molecule has 1 aliphatic heterocycles. The minimum absolute atomic E-state index is 0.110. The maximum absolute atomic E-state index is 11.6. The number of aromatic amines is 8. The van der Waals surface area contributed by atoms with Gasteiger partial charge in [0, 0.05) is 111 Å². The number of anilines is 9. The van der Waals surface area contributed by atoms with Gasteiger partial charge in [-0.25, -0.2) is 39.3 Å². The molecule has 41 nitrogen and oxygen atoms in total. The van der Waals surface area contributed by atoms with E-state index in [1.54, 1.807) is 56.7 Å². The number of aromatic nitrogens is 23. The Morgan fingerprint density at radius 1 is 0.457 bits per heavy atom. The molecule has 0 bridgehead atoms. The zero-order valence-electron chi connectivity index (χ0n) is 76.6. The summed E-state index contributed by atoms with van der Waals surface area (Å²) in [6.07, 6.45) is 36.2. The molecule has 0 radical (unpaired) electrons. The van der Waals surface area contributed by atoms with Gasteiger partial charge < -0.3 is 87.6 Å². The Morgan fingerprint density at radius 3 is 1.30 bits per heavy atom. The third-order valence-corrected chi connectivity index (χ3v) is 26.5. The Bertz CT molecular complexity index is 8090. The number of hydrogen-bond acceptors (Lipinski definition) is 30. The van der Waals surface area contributed by atoms with Gasteiger partial charge in [-0.05, 0) is 203 Å². The summed E-state index contributed by atoms with van der Waals surface area (Å²) in [5.41, 5.74) is 7.69. The smallest absolute Gasteiger partial charge is 0.326 e. The first-order valence-corrected chi connectivity index (χ1v) is 48.6. The second-order valence-electron chi connectivity index (χ2n) is 37.0. The van der Waals surface area contributed by atoms with Crippen molar-refractivity contribution in [1.82, 2.24) is 118 Å². The molecule has 8 aliphatic rings. The largest absolute Gasteiger partial charge is 0.493 e. The lowest BCUT2D eigenvalue weighted by molar-refractivity contribution is 0.263. The minimum atomic E-state index is -0.465. The van der Waals surface area contributed by atoms with Crippen molar-refractivity contribution in [3.05, 3.63) is 221 Å². The summed E-state index contributed by atoms with van der Waals surface area (Å²) >= 11 is 8.36. The lowest BCUT2D eigenvalue weighted by Crippen LogP contribution is -2.36. The maximum atomic E-state index is 11.6. The summed E-state index contributed by atoms with van der Waals surface area (Å²) in [6, 6.07) is 20.7. The number of fused-ring (bicyclic) bond motifs is 5. The number of rotatable bonds is 26. The Kier molecular flexibility index (Phi) is 25.4. The average Bonchev–Trinajstić information content (AvgIpc) is 1.65. The van der Waals surface area contributed by atoms with E-state index in [0.717, 1.165) is 188 Å². The summed E-state index contributed by atoms with van der Waals surface area (Å²) in [7, 11) is 2.16. The van der Waals surface area contributed by atoms with Gasteiger partial charge in [-0.15, -0.1) is 0 Å². The number of hydrogen-bond donors (Lipinski definition) is 18. The van der Waals surface area contributed by atoms with Crippen LogP contribution in [0, 0.1) is 17.8 Å². The molecule has 7 aliphatic carbocycles. The average molecular weight is 1920 g/mol. The number of piperidine rings is 1. The molecule has 7 saturated carbocycles. The molecule has 44 heteroatoms. The molecule has 18 N–H and O–H groups in total. The van der Waals surface area contributed by atoms with Gasteiger partial charge in [0.25, 0.3) is 0 Å². The molecule has 8 fully saturated rings. The van der Waals surface area contributed by atoms with Gasteiger partial charge >= 0.3 is 26.8 Å². The zero-order valence-corrected chi connectivity index (χ0v) is 78.9. The number of nitrogens with zero attached hydrogens (tertiary/aromatic N) is 18. The molecule has 15 aromatic heterocycles. The molecular weight excluding hydrogens is 1820 g/mol. The van der Waals surface area contributed by atoms with Crippen molar-refractivity contribution in [3.63, 3.8) is 0 Å². The second-order valence-corrected chi connectivity index (χ2v) is 39.5. The van der Waals surface area contributed by atoms with E-state index < -0.39 is 11.4 Å². The van der Waals surface area contributed by atoms with Gasteiger partial charge in [-0.3, -0.25) is 29.5 Å². The van der Waals surface area contributed by atoms with Crippen molar-refractivity contribution in [1.29, 1.82) is 0 Å². The van der Waals surface area contributed by atoms with Gasteiger partial charge in [-0.2, -0.15) is 48.1 Å². The number of nitrogens with one attached hydrogen (secondary N) is 16. The predicted octanol–water partition coefficient (Wildman–Crippen LogP) is 4.66. The fourth-order valence-electron chi connectivity index (χ4n) is 15.9. The normalized spacial score (nSPS) is 17.6. The van der Waals surface area contributed by atoms with Crippen LogP contribution >= 0.6 is 34.3 Å². The number of H-pyrrole nitrogens is 8. The first kappa shape index (κ1) is 90.8. The van der Waals surface area contributed by atoms with Crippen LogP contribution in [-0.4, -0.2) is 203 Å². The fourth-order valence-corrected chi connectivity index (χ4v) is 17.5. The quantitative estimate of drug-likeness (QED) is 0.0350. The van der Waals surface area contributed by atoms with E-state index in [-0.39, 0.29) is 27.2 Å². The standard InChI is InChI=1S/C20H17ClN6OS.C20H26N8O.2C18H21N7O2.C18H22N6OS/c1-11-16(29-20(28)23-11)7-12-10-22-27-18(25-14-5-6-14)9-17(26-19(12)27)24-15-4-2-3-13(21)8-15;1-12-16(25-20(29)22-12)9-13-11-21-28-18(24-14-3-4-14)10-17(26-19(13)28)23-15-5-7-27(2)8-6-15;2*1-9(10-2-3-10)20-14-7-15(21-12-4-5-12)25-16(23-14)11(8-19-25)6-13-17(26)24-18(27)22-13;1-10(2)8-19-15-7-16(22-13-4-5-13)24-17(23-15)12(9-20-24)6-14-11(3)21-18(25)26-14/h2-4,7-10,14,25H,1,5-6H2,(H,23,28)(H,24,26);9-11,14-15,24H,1,3-8H2,2H3,(H,23,26)(H2,22,25,29);2*6-10,12,20,26H,2-5H2,1H3,(H2,22,24,27);6-7,9-10,13,22H,3-5,8H2,1-2H3,(H,19,23)(H,21,25)/b16-7-;16-9-;;;14-6-/t;;2*9-;/m..10./s1. The Labute approximate surface area is 796 Å². The molecule has 0 spiro atoms. The van der Waals surface area contributed by atoms with Gasteiger partial charge in [0.15, 0.2) is 39.2 Å². The third-order valence-electron chi connectivity index (χ3n) is 24.5. The van der Waals surface area contributed by atoms with Crippen LogP contribution in [0.5, 0.6) is 11.8 Å². The molecule has 138 heavy (non-hydrogen) atoms. The molecule has 714 valence electrons. The molecule has 2 atom stereocenters. The molecule has 0 amide bonds. The molecule has 24 rings (SSSR count). The second kappa shape index (κ2) is 38.7. The van der Waals surface area contributed by atoms with E-state index in [4.69, 9.17) is 46.5 Å². The number of aromatic hydroxyl groups is 2. The van der Waals surface area contributed by atoms with Crippen molar-refractivity contribution in [2.45, 2.75) is 179 Å². The maximum Gasteiger partial charge on any atom is 0.326 e. The lowest BCUT2D eigenvalue weighted by Gasteiger charge is -2.29. The molecule has 16 heterocycles. The molecule has 0 unspecified atom stereocenters. The van der Waals surface area contributed by atoms with Crippen molar-refractivity contribution < 1.29 is 10.2 Å². The van der Waals surface area contributed by atoms with E-state index in [1.807, 2.05) is 81.9 Å². The van der Waals surface area contributed by atoms with Crippen LogP contribution in [0.25, 0.3) is 78.4 Å². The Hall–Kier alpha value is -15.0. The highest BCUT2D eigenvalue weighted by molar-refractivity contribution is 7.07. The fraction of sp³-hybridized carbons (Fsp3) is 0.372. The van der Waals surface area contributed by atoms with Crippen LogP contribution in [0.2, 0.25) is 5.02 Å². The van der Waals surface area contributed by atoms with E-state index in [2.05, 4.69) is 167 Å². The van der Waals surface area contributed by atoms with Crippen LogP contribution in [0.3, 0.4) is 0 Å². The van der Waals surface area contributed by atoms with Gasteiger partial charge in [0.2, 0.25) is 11.8 Å². The highest BCUT2D eigenvalue weighted by Crippen LogP contribution is 2.37. The summed E-state index contributed by atoms with van der Waals surface area (Å²) in [5.74, 6) is 8.11. The van der Waals surface area contributed by atoms with E-state index in [1.165, 1.54) is 51.4 Å². The number of imidazole rings is 3. The number of benzene rings is 1. The van der Waals surface area contributed by atoms with Gasteiger partial charge in [-0.1, -0.05) is 73.9 Å². The lowest BCUT2D eigenvalue weighted by atomic mass is 10.1. The van der Waals surface area contributed by atoms with Crippen LogP contribution in [0.1, 0.15) is 159 Å². The van der Waals surface area contributed by atoms with E-state index in [9.17, 15) is 34.2 Å². The van der Waals surface area contributed by atoms with Gasteiger partial charge in [0.1, 0.15) is 57.9 Å². The first-order valence-electron chi connectivity index (χ1n) is 46.6. The highest BCUT2D eigenvalue weighted by Gasteiger charge is 2.32. The van der Waals surface area contributed by atoms with E-state index in [0.29, 0.717) is 137 Å². The minimum Gasteiger partial charge on any atom is -0.493 e. The molecule has 1 aromatic carbocycles. The van der Waals surface area contributed by atoms with Crippen molar-refractivity contribution in [2.75, 3.05) is 69.2 Å². The Balaban J connectivity index is 0.000000106. The number of halogens is 1. The van der Waals surface area contributed by atoms with Crippen molar-refractivity contribution >= 4 is 165 Å². The SMILES string of the molecule is C=c1[nH]c(=O)[nH]/c1=C\c1cnn2c(NC3CC3)cc(NC3CCN(C)CC3)nc12.C=c1[nH]c(=O)s/c1=C\c1cnn2c(NC3CC3)cc(NCC(C)C)nc12.C=c1[nH]c(=O)s/c1=C\c1cnn2c(NC3CC3)cc(Nc3cccc(Cl)c3)nc12.C[C@@H](Nc1cc(=NC2CC2)n2ncc(=Cc3[nH]c(=O)[nH]c3O)c2n1)C1CC1.C[C@H](Nc1cc(=NC2CC2)n2ncc(=Cc3[nH]c(=O)[nH]c3O)c2n1)C1CC1. The topological polar surface area (TPSA) is 527 Å². The highest BCUT2D eigenvalue weighted by atomic mass is 35.5. The van der Waals surface area contributed by atoms with Crippen LogP contribution in [-0.2, 0) is 0 Å². The summed E-state index contributed by atoms with van der Waals surface area (Å²) < 4.78 is 10.4. The third kappa shape index (κ3) is 22.2. The summed E-state index contributed by atoms with van der Waals surface area (Å²) in [5, 5.41) is 74.3.